The predicted octanol–water partition coefficient (Wildman–Crippen LogP) is 12.7. The van der Waals surface area contributed by atoms with Crippen LogP contribution in [-0.2, 0) is 0 Å². The topological polar surface area (TPSA) is 48.5 Å². The van der Waals surface area contributed by atoms with Crippen molar-refractivity contribution in [1.29, 1.82) is 0 Å². The molecule has 0 unspecified atom stereocenters. The van der Waals surface area contributed by atoms with E-state index in [0.29, 0.717) is 17.5 Å². The molecule has 0 saturated heterocycles. The smallest absolute Gasteiger partial charge is 0.164 e. The van der Waals surface area contributed by atoms with Crippen molar-refractivity contribution in [3.8, 4) is 56.7 Å². The molecule has 0 bridgehead atoms. The molecule has 11 aromatic rings. The van der Waals surface area contributed by atoms with Crippen LogP contribution in [0.2, 0.25) is 0 Å². The lowest BCUT2D eigenvalue weighted by Crippen LogP contribution is -2.00. The zero-order valence-corrected chi connectivity index (χ0v) is 30.3. The minimum absolute atomic E-state index is 0.639. The van der Waals surface area contributed by atoms with Crippen molar-refractivity contribution in [3.05, 3.63) is 200 Å². The van der Waals surface area contributed by atoms with Crippen LogP contribution in [0.25, 0.3) is 100 Å². The maximum atomic E-state index is 4.98. The standard InChI is InChI=1S/C51H33N5/c1-4-15-35(16-5-1)49-52-50(36-17-6-2-7-18-36)54-51(53-49)38-20-14-19-37(33-38)34-27-29-40(30-28-34)56-44-25-12-10-23-41(44)42-31-32-46-47(48(42)56)43-24-11-13-26-45(43)55(46)39-21-8-3-9-22-39/h1-33H. The van der Waals surface area contributed by atoms with Gasteiger partial charge in [0.15, 0.2) is 17.5 Å². The molecule has 0 aliphatic rings. The second-order valence-corrected chi connectivity index (χ2v) is 14.1. The quantitative estimate of drug-likeness (QED) is 0.172. The summed E-state index contributed by atoms with van der Waals surface area (Å²) in [6, 6.07) is 70.4. The number of fused-ring (bicyclic) bond motifs is 7. The molecule has 3 heterocycles. The Balaban J connectivity index is 1.05. The summed E-state index contributed by atoms with van der Waals surface area (Å²) < 4.78 is 4.83. The molecule has 5 heteroatoms. The molecular formula is C51H33N5. The summed E-state index contributed by atoms with van der Waals surface area (Å²) >= 11 is 0. The van der Waals surface area contributed by atoms with E-state index in [1.54, 1.807) is 0 Å². The minimum atomic E-state index is 0.639. The highest BCUT2D eigenvalue weighted by Crippen LogP contribution is 2.42. The second kappa shape index (κ2) is 13.0. The molecule has 0 fully saturated rings. The van der Waals surface area contributed by atoms with Crippen molar-refractivity contribution >= 4 is 43.6 Å². The highest BCUT2D eigenvalue weighted by Gasteiger charge is 2.21. The van der Waals surface area contributed by atoms with Crippen LogP contribution in [0.5, 0.6) is 0 Å². The van der Waals surface area contributed by atoms with Gasteiger partial charge in [-0.1, -0.05) is 152 Å². The maximum absolute atomic E-state index is 4.98. The van der Waals surface area contributed by atoms with Crippen LogP contribution in [0, 0.1) is 0 Å². The summed E-state index contributed by atoms with van der Waals surface area (Å²) in [5.41, 5.74) is 12.1. The highest BCUT2D eigenvalue weighted by molar-refractivity contribution is 6.26. The largest absolute Gasteiger partial charge is 0.309 e. The van der Waals surface area contributed by atoms with E-state index in [0.717, 1.165) is 39.2 Å². The Morgan fingerprint density at radius 3 is 1.45 bits per heavy atom. The average molecular weight is 716 g/mol. The molecule has 56 heavy (non-hydrogen) atoms. The molecule has 11 rings (SSSR count). The summed E-state index contributed by atoms with van der Waals surface area (Å²) in [5.74, 6) is 1.94. The molecule has 0 aliphatic carbocycles. The van der Waals surface area contributed by atoms with E-state index in [-0.39, 0.29) is 0 Å². The number of rotatable bonds is 6. The van der Waals surface area contributed by atoms with Gasteiger partial charge in [-0.15, -0.1) is 0 Å². The van der Waals surface area contributed by atoms with Gasteiger partial charge in [0.1, 0.15) is 0 Å². The predicted molar refractivity (Wildman–Crippen MR) is 230 cm³/mol. The lowest BCUT2D eigenvalue weighted by molar-refractivity contribution is 1.07. The number of aromatic nitrogens is 5. The number of benzene rings is 8. The highest BCUT2D eigenvalue weighted by atomic mass is 15.0. The van der Waals surface area contributed by atoms with Gasteiger partial charge in [-0.2, -0.15) is 0 Å². The summed E-state index contributed by atoms with van der Waals surface area (Å²) in [6.45, 7) is 0. The van der Waals surface area contributed by atoms with Crippen molar-refractivity contribution in [2.24, 2.45) is 0 Å². The van der Waals surface area contributed by atoms with Gasteiger partial charge in [0.05, 0.1) is 22.1 Å². The Morgan fingerprint density at radius 1 is 0.286 bits per heavy atom. The van der Waals surface area contributed by atoms with E-state index in [9.17, 15) is 0 Å². The molecule has 0 amide bonds. The van der Waals surface area contributed by atoms with Crippen LogP contribution < -0.4 is 0 Å². The Kier molecular flexibility index (Phi) is 7.42. The van der Waals surface area contributed by atoms with E-state index >= 15 is 0 Å². The third-order valence-corrected chi connectivity index (χ3v) is 10.8. The van der Waals surface area contributed by atoms with Crippen molar-refractivity contribution in [1.82, 2.24) is 24.1 Å². The lowest BCUT2D eigenvalue weighted by atomic mass is 10.0. The van der Waals surface area contributed by atoms with E-state index in [4.69, 9.17) is 15.0 Å². The van der Waals surface area contributed by atoms with E-state index < -0.39 is 0 Å². The van der Waals surface area contributed by atoms with Gasteiger partial charge in [0.2, 0.25) is 0 Å². The molecule has 262 valence electrons. The second-order valence-electron chi connectivity index (χ2n) is 14.1. The molecule has 0 atom stereocenters. The molecule has 8 aromatic carbocycles. The van der Waals surface area contributed by atoms with Crippen LogP contribution in [0.1, 0.15) is 0 Å². The van der Waals surface area contributed by atoms with Crippen LogP contribution in [0.4, 0.5) is 0 Å². The molecule has 0 saturated carbocycles. The minimum Gasteiger partial charge on any atom is -0.309 e. The lowest BCUT2D eigenvalue weighted by Gasteiger charge is -2.12. The van der Waals surface area contributed by atoms with Gasteiger partial charge in [0.25, 0.3) is 0 Å². The first-order valence-electron chi connectivity index (χ1n) is 18.9. The normalized spacial score (nSPS) is 11.6. The number of nitrogens with zero attached hydrogens (tertiary/aromatic N) is 5. The number of para-hydroxylation sites is 3. The summed E-state index contributed by atoms with van der Waals surface area (Å²) in [4.78, 5) is 14.8. The van der Waals surface area contributed by atoms with Gasteiger partial charge in [0, 0.05) is 49.6 Å². The summed E-state index contributed by atoms with van der Waals surface area (Å²) in [7, 11) is 0. The van der Waals surface area contributed by atoms with Crippen LogP contribution in [0.3, 0.4) is 0 Å². The molecular weight excluding hydrogens is 683 g/mol. The Hall–Kier alpha value is -7.63. The summed E-state index contributed by atoms with van der Waals surface area (Å²) in [6.07, 6.45) is 0. The fourth-order valence-corrected chi connectivity index (χ4v) is 8.21. The molecule has 0 aliphatic heterocycles. The van der Waals surface area contributed by atoms with Gasteiger partial charge < -0.3 is 9.13 Å². The van der Waals surface area contributed by atoms with Gasteiger partial charge >= 0.3 is 0 Å². The third kappa shape index (κ3) is 5.21. The number of hydrogen-bond acceptors (Lipinski definition) is 3. The fraction of sp³-hybridized carbons (Fsp3) is 0. The first kappa shape index (κ1) is 31.9. The SMILES string of the molecule is c1ccc(-c2nc(-c3ccccc3)nc(-c3cccc(-c4ccc(-n5c6ccccc6c6ccc7c(c8ccccc8n7-c7ccccc7)c65)cc4)c3)n2)cc1. The average Bonchev–Trinajstić information content (AvgIpc) is 3.80. The van der Waals surface area contributed by atoms with Crippen molar-refractivity contribution < 1.29 is 0 Å². The van der Waals surface area contributed by atoms with E-state index in [2.05, 4.69) is 149 Å². The van der Waals surface area contributed by atoms with Crippen LogP contribution >= 0.6 is 0 Å². The van der Waals surface area contributed by atoms with Crippen LogP contribution in [-0.4, -0.2) is 24.1 Å². The van der Waals surface area contributed by atoms with Gasteiger partial charge in [-0.25, -0.2) is 15.0 Å². The van der Waals surface area contributed by atoms with Crippen molar-refractivity contribution in [3.63, 3.8) is 0 Å². The van der Waals surface area contributed by atoms with E-state index in [1.807, 2.05) is 60.7 Å². The van der Waals surface area contributed by atoms with Gasteiger partial charge in [-0.05, 0) is 59.7 Å². The fourth-order valence-electron chi connectivity index (χ4n) is 8.21. The Labute approximate surface area is 323 Å². The number of hydrogen-bond donors (Lipinski definition) is 0. The maximum Gasteiger partial charge on any atom is 0.164 e. The summed E-state index contributed by atoms with van der Waals surface area (Å²) in [5, 5.41) is 4.96. The zero-order chi connectivity index (χ0) is 37.0. The first-order chi connectivity index (χ1) is 27.8. The molecule has 0 spiro atoms. The molecule has 0 N–H and O–H groups in total. The molecule has 5 nitrogen and oxygen atoms in total. The van der Waals surface area contributed by atoms with Crippen LogP contribution in [0.15, 0.2) is 200 Å². The molecule has 0 radical (unpaired) electrons. The van der Waals surface area contributed by atoms with Crippen molar-refractivity contribution in [2.45, 2.75) is 0 Å². The van der Waals surface area contributed by atoms with E-state index in [1.165, 1.54) is 43.6 Å². The monoisotopic (exact) mass is 715 g/mol. The van der Waals surface area contributed by atoms with Crippen molar-refractivity contribution in [2.75, 3.05) is 0 Å². The van der Waals surface area contributed by atoms with Gasteiger partial charge in [-0.3, -0.25) is 0 Å². The zero-order valence-electron chi connectivity index (χ0n) is 30.3. The third-order valence-electron chi connectivity index (χ3n) is 10.8. The molecule has 3 aromatic heterocycles. The first-order valence-corrected chi connectivity index (χ1v) is 18.9. The Morgan fingerprint density at radius 2 is 0.786 bits per heavy atom. The Bertz CT molecular complexity index is 3160.